The number of methoxy groups -OCH3 is 2. The Morgan fingerprint density at radius 2 is 1.85 bits per heavy atom. The van der Waals surface area contributed by atoms with Crippen molar-refractivity contribution in [2.75, 3.05) is 31.4 Å². The Hall–Kier alpha value is -3.00. The standard InChI is InChI=1S/C18H19ClN6O2/c1-26-11-5-10(6-12(7-11)27-2)17-13-9-25(4-3-14(13)23-24-17)16-8-15(19)21-18(20)22-16/h5-8H,3-4,9H2,1-2H3,(H,23,24)(H2,20,21,22). The second-order valence-corrected chi connectivity index (χ2v) is 6.60. The fraction of sp³-hybridized carbons (Fsp3) is 0.278. The Bertz CT molecular complexity index is 947. The summed E-state index contributed by atoms with van der Waals surface area (Å²) in [5.74, 6) is 2.29. The average Bonchev–Trinajstić information content (AvgIpc) is 3.10. The number of ether oxygens (including phenoxy) is 2. The first-order valence-electron chi connectivity index (χ1n) is 8.42. The number of aromatic nitrogens is 4. The predicted octanol–water partition coefficient (Wildman–Crippen LogP) is 2.68. The predicted molar refractivity (Wildman–Crippen MR) is 103 cm³/mol. The number of rotatable bonds is 4. The van der Waals surface area contributed by atoms with Gasteiger partial charge in [0, 0.05) is 48.5 Å². The first-order chi connectivity index (χ1) is 13.1. The van der Waals surface area contributed by atoms with Crippen LogP contribution in [-0.4, -0.2) is 40.9 Å². The van der Waals surface area contributed by atoms with Gasteiger partial charge in [0.15, 0.2) is 0 Å². The molecule has 140 valence electrons. The zero-order valence-electron chi connectivity index (χ0n) is 15.0. The summed E-state index contributed by atoms with van der Waals surface area (Å²) in [6.45, 7) is 1.41. The smallest absolute Gasteiger partial charge is 0.223 e. The molecule has 1 aliphatic rings. The molecule has 9 heteroatoms. The molecule has 27 heavy (non-hydrogen) atoms. The molecule has 4 rings (SSSR count). The van der Waals surface area contributed by atoms with E-state index in [1.807, 2.05) is 18.2 Å². The summed E-state index contributed by atoms with van der Waals surface area (Å²) in [5.41, 5.74) is 9.74. The van der Waals surface area contributed by atoms with Gasteiger partial charge in [0.05, 0.1) is 19.9 Å². The number of H-pyrrole nitrogens is 1. The van der Waals surface area contributed by atoms with E-state index in [2.05, 4.69) is 25.1 Å². The molecule has 0 saturated carbocycles. The summed E-state index contributed by atoms with van der Waals surface area (Å²) < 4.78 is 10.8. The number of aromatic amines is 1. The van der Waals surface area contributed by atoms with E-state index in [1.165, 1.54) is 0 Å². The molecule has 0 atom stereocenters. The van der Waals surface area contributed by atoms with Gasteiger partial charge in [-0.2, -0.15) is 10.1 Å². The molecule has 1 aliphatic heterocycles. The number of halogens is 1. The van der Waals surface area contributed by atoms with Gasteiger partial charge in [-0.15, -0.1) is 0 Å². The molecule has 1 aromatic carbocycles. The maximum Gasteiger partial charge on any atom is 0.223 e. The number of benzene rings is 1. The van der Waals surface area contributed by atoms with E-state index < -0.39 is 0 Å². The molecular weight excluding hydrogens is 368 g/mol. The largest absolute Gasteiger partial charge is 0.497 e. The molecule has 0 amide bonds. The summed E-state index contributed by atoms with van der Waals surface area (Å²) in [5, 5.41) is 8.02. The lowest BCUT2D eigenvalue weighted by Crippen LogP contribution is -2.31. The van der Waals surface area contributed by atoms with E-state index in [4.69, 9.17) is 26.8 Å². The van der Waals surface area contributed by atoms with Crippen LogP contribution in [0.3, 0.4) is 0 Å². The van der Waals surface area contributed by atoms with E-state index in [9.17, 15) is 0 Å². The molecule has 0 saturated heterocycles. The van der Waals surface area contributed by atoms with E-state index in [-0.39, 0.29) is 5.95 Å². The molecular formula is C18H19ClN6O2. The molecule has 2 aromatic heterocycles. The Morgan fingerprint density at radius 3 is 2.52 bits per heavy atom. The van der Waals surface area contributed by atoms with Crippen molar-refractivity contribution in [3.8, 4) is 22.8 Å². The fourth-order valence-electron chi connectivity index (χ4n) is 3.26. The Kier molecular flexibility index (Phi) is 4.49. The van der Waals surface area contributed by atoms with E-state index >= 15 is 0 Å². The molecule has 8 nitrogen and oxygen atoms in total. The number of fused-ring (bicyclic) bond motifs is 1. The minimum atomic E-state index is 0.160. The van der Waals surface area contributed by atoms with Crippen LogP contribution in [0.5, 0.6) is 11.5 Å². The number of nitrogens with two attached hydrogens (primary N) is 1. The van der Waals surface area contributed by atoms with Crippen LogP contribution in [-0.2, 0) is 13.0 Å². The molecule has 0 fully saturated rings. The molecule has 3 N–H and O–H groups in total. The maximum absolute atomic E-state index is 6.04. The van der Waals surface area contributed by atoms with E-state index in [0.717, 1.165) is 35.5 Å². The second kappa shape index (κ2) is 6.96. The number of nitrogen functional groups attached to an aromatic ring is 1. The molecule has 0 radical (unpaired) electrons. The highest BCUT2D eigenvalue weighted by molar-refractivity contribution is 6.29. The van der Waals surface area contributed by atoms with Gasteiger partial charge in [0.1, 0.15) is 22.5 Å². The number of hydrogen-bond acceptors (Lipinski definition) is 7. The average molecular weight is 387 g/mol. The van der Waals surface area contributed by atoms with Crippen LogP contribution >= 0.6 is 11.6 Å². The monoisotopic (exact) mass is 386 g/mol. The van der Waals surface area contributed by atoms with Crippen molar-refractivity contribution in [1.29, 1.82) is 0 Å². The minimum absolute atomic E-state index is 0.160. The zero-order chi connectivity index (χ0) is 19.0. The number of hydrogen-bond donors (Lipinski definition) is 2. The van der Waals surface area contributed by atoms with Gasteiger partial charge in [0.2, 0.25) is 5.95 Å². The van der Waals surface area contributed by atoms with Gasteiger partial charge < -0.3 is 20.1 Å². The van der Waals surface area contributed by atoms with Crippen molar-refractivity contribution in [2.45, 2.75) is 13.0 Å². The van der Waals surface area contributed by atoms with Crippen LogP contribution in [0.2, 0.25) is 5.15 Å². The van der Waals surface area contributed by atoms with Crippen LogP contribution in [0.25, 0.3) is 11.3 Å². The third-order valence-electron chi connectivity index (χ3n) is 4.58. The lowest BCUT2D eigenvalue weighted by Gasteiger charge is -2.28. The minimum Gasteiger partial charge on any atom is -0.497 e. The van der Waals surface area contributed by atoms with Gasteiger partial charge in [-0.1, -0.05) is 11.6 Å². The summed E-state index contributed by atoms with van der Waals surface area (Å²) in [4.78, 5) is 10.3. The molecule has 3 aromatic rings. The van der Waals surface area contributed by atoms with E-state index in [0.29, 0.717) is 29.0 Å². The first kappa shape index (κ1) is 17.4. The van der Waals surface area contributed by atoms with E-state index in [1.54, 1.807) is 20.3 Å². The van der Waals surface area contributed by atoms with Crippen LogP contribution < -0.4 is 20.1 Å². The SMILES string of the molecule is COc1cc(OC)cc(-c2n[nH]c3c2CN(c2cc(Cl)nc(N)n2)CC3)c1. The van der Waals surface area contributed by atoms with Crippen LogP contribution in [0.4, 0.5) is 11.8 Å². The highest BCUT2D eigenvalue weighted by Crippen LogP contribution is 2.34. The lowest BCUT2D eigenvalue weighted by molar-refractivity contribution is 0.394. The van der Waals surface area contributed by atoms with Crippen molar-refractivity contribution in [3.63, 3.8) is 0 Å². The van der Waals surface area contributed by atoms with Crippen molar-refractivity contribution in [3.05, 3.63) is 40.7 Å². The Morgan fingerprint density at radius 1 is 1.11 bits per heavy atom. The Labute approximate surface area is 161 Å². The van der Waals surface area contributed by atoms with Crippen molar-refractivity contribution >= 4 is 23.4 Å². The molecule has 0 unspecified atom stereocenters. The quantitative estimate of drug-likeness (QED) is 0.664. The van der Waals surface area contributed by atoms with Gasteiger partial charge in [-0.3, -0.25) is 5.10 Å². The molecule has 3 heterocycles. The summed E-state index contributed by atoms with van der Waals surface area (Å²) >= 11 is 6.04. The lowest BCUT2D eigenvalue weighted by atomic mass is 10.0. The molecule has 0 aliphatic carbocycles. The third kappa shape index (κ3) is 3.35. The topological polar surface area (TPSA) is 102 Å². The number of anilines is 2. The van der Waals surface area contributed by atoms with Crippen LogP contribution in [0.1, 0.15) is 11.3 Å². The third-order valence-corrected chi connectivity index (χ3v) is 4.77. The molecule has 0 spiro atoms. The van der Waals surface area contributed by atoms with Gasteiger partial charge >= 0.3 is 0 Å². The normalized spacial score (nSPS) is 13.4. The van der Waals surface area contributed by atoms with Gasteiger partial charge in [-0.05, 0) is 12.1 Å². The molecule has 0 bridgehead atoms. The summed E-state index contributed by atoms with van der Waals surface area (Å²) in [7, 11) is 3.26. The maximum atomic E-state index is 6.04. The highest BCUT2D eigenvalue weighted by Gasteiger charge is 2.24. The van der Waals surface area contributed by atoms with Crippen molar-refractivity contribution < 1.29 is 9.47 Å². The Balaban J connectivity index is 1.72. The highest BCUT2D eigenvalue weighted by atomic mass is 35.5. The first-order valence-corrected chi connectivity index (χ1v) is 8.79. The number of nitrogens with one attached hydrogen (secondary N) is 1. The summed E-state index contributed by atoms with van der Waals surface area (Å²) in [6, 6.07) is 7.44. The van der Waals surface area contributed by atoms with Crippen molar-refractivity contribution in [2.24, 2.45) is 0 Å². The van der Waals surface area contributed by atoms with Gasteiger partial charge in [0.25, 0.3) is 0 Å². The second-order valence-electron chi connectivity index (χ2n) is 6.21. The van der Waals surface area contributed by atoms with Gasteiger partial charge in [-0.25, -0.2) is 4.98 Å². The van der Waals surface area contributed by atoms with Crippen LogP contribution in [0.15, 0.2) is 24.3 Å². The number of nitrogens with zero attached hydrogens (tertiary/aromatic N) is 4. The summed E-state index contributed by atoms with van der Waals surface area (Å²) in [6.07, 6.45) is 0.810. The van der Waals surface area contributed by atoms with Crippen LogP contribution in [0, 0.1) is 0 Å². The van der Waals surface area contributed by atoms with Crippen molar-refractivity contribution in [1.82, 2.24) is 20.2 Å². The zero-order valence-corrected chi connectivity index (χ0v) is 15.7. The fourth-order valence-corrected chi connectivity index (χ4v) is 3.44.